The Morgan fingerprint density at radius 3 is 2.90 bits per heavy atom. The summed E-state index contributed by atoms with van der Waals surface area (Å²) in [7, 11) is 0. The molecule has 1 aromatic carbocycles. The fraction of sp³-hybridized carbons (Fsp3) is 0.364. The minimum atomic E-state index is -0.613. The molecule has 0 saturated carbocycles. The van der Waals surface area contributed by atoms with Crippen LogP contribution in [0.4, 0.5) is 0 Å². The molecule has 0 aliphatic carbocycles. The smallest absolute Gasteiger partial charge is 0.296 e. The summed E-state index contributed by atoms with van der Waals surface area (Å²) in [6.45, 7) is 0.605. The molecule has 9 heteroatoms. The fourth-order valence-corrected chi connectivity index (χ4v) is 5.56. The van der Waals surface area contributed by atoms with E-state index in [0.29, 0.717) is 28.8 Å². The number of halogens is 1. The first-order valence-electron chi connectivity index (χ1n) is 10.2. The van der Waals surface area contributed by atoms with Crippen molar-refractivity contribution in [1.29, 1.82) is 0 Å². The van der Waals surface area contributed by atoms with Crippen molar-refractivity contribution in [2.45, 2.75) is 37.3 Å². The number of aromatic amines is 1. The van der Waals surface area contributed by atoms with Gasteiger partial charge in [-0.1, -0.05) is 29.8 Å². The van der Waals surface area contributed by atoms with Crippen LogP contribution < -0.4 is 4.74 Å². The average Bonchev–Trinajstić information content (AvgIpc) is 3.51. The van der Waals surface area contributed by atoms with Crippen LogP contribution in [0.25, 0.3) is 21.3 Å². The first-order valence-corrected chi connectivity index (χ1v) is 11.4. The molecule has 5 heterocycles. The van der Waals surface area contributed by atoms with Gasteiger partial charge >= 0.3 is 0 Å². The van der Waals surface area contributed by atoms with Gasteiger partial charge in [0.2, 0.25) is 0 Å². The molecule has 0 radical (unpaired) electrons. The van der Waals surface area contributed by atoms with Gasteiger partial charge in [-0.25, -0.2) is 4.98 Å². The molecule has 0 spiro atoms. The van der Waals surface area contributed by atoms with E-state index in [0.717, 1.165) is 18.5 Å². The fourth-order valence-electron chi connectivity index (χ4n) is 4.25. The van der Waals surface area contributed by atoms with Crippen LogP contribution in [-0.4, -0.2) is 57.7 Å². The number of aromatic nitrogens is 3. The van der Waals surface area contributed by atoms with E-state index in [2.05, 4.69) is 45.3 Å². The summed E-state index contributed by atoms with van der Waals surface area (Å²) in [5, 5.41) is 11.8. The van der Waals surface area contributed by atoms with Gasteiger partial charge in [-0.15, -0.1) is 11.3 Å². The SMILES string of the molecule is O[C@@H]1CO[C@H]2[C@@H]1OC[C@H]2Oc1nc2nc(CCc3cc4ccccc4s3)c(Cl)cc2[nH]1. The number of fused-ring (bicyclic) bond motifs is 3. The Bertz CT molecular complexity index is 1230. The highest BCUT2D eigenvalue weighted by molar-refractivity contribution is 7.19. The molecule has 2 aliphatic rings. The third-order valence-electron chi connectivity index (χ3n) is 5.81. The standard InChI is InChI=1S/C22H20ClN3O4S/c23-13-8-15-21(24-14(13)6-5-12-7-11-3-1-2-4-18(11)31-12)26-22(25-15)30-17-10-29-19-16(27)9-28-20(17)19/h1-4,7-8,16-17,19-20,27H,5-6,9-10H2,(H,24,25,26)/t16-,17-,19-,20-/m1/s1. The molecule has 0 bridgehead atoms. The van der Waals surface area contributed by atoms with Crippen molar-refractivity contribution in [3.8, 4) is 6.01 Å². The van der Waals surface area contributed by atoms with Crippen LogP contribution >= 0.6 is 22.9 Å². The second kappa shape index (κ2) is 7.72. The predicted molar refractivity (Wildman–Crippen MR) is 118 cm³/mol. The van der Waals surface area contributed by atoms with E-state index in [9.17, 15) is 5.11 Å². The number of thiophene rings is 1. The molecule has 6 rings (SSSR count). The van der Waals surface area contributed by atoms with Crippen molar-refractivity contribution >= 4 is 44.2 Å². The highest BCUT2D eigenvalue weighted by atomic mass is 35.5. The molecule has 31 heavy (non-hydrogen) atoms. The van der Waals surface area contributed by atoms with Crippen molar-refractivity contribution in [2.24, 2.45) is 0 Å². The lowest BCUT2D eigenvalue weighted by atomic mass is 10.1. The summed E-state index contributed by atoms with van der Waals surface area (Å²) in [6, 6.07) is 12.8. The molecule has 0 unspecified atom stereocenters. The predicted octanol–water partition coefficient (Wildman–Crippen LogP) is 3.52. The van der Waals surface area contributed by atoms with E-state index in [1.807, 2.05) is 6.07 Å². The quantitative estimate of drug-likeness (QED) is 0.476. The molecule has 2 saturated heterocycles. The average molecular weight is 458 g/mol. The van der Waals surface area contributed by atoms with E-state index < -0.39 is 6.10 Å². The molecule has 4 atom stereocenters. The number of benzene rings is 1. The van der Waals surface area contributed by atoms with E-state index >= 15 is 0 Å². The summed E-state index contributed by atoms with van der Waals surface area (Å²) in [6.07, 6.45) is 0.0207. The maximum absolute atomic E-state index is 9.88. The van der Waals surface area contributed by atoms with Crippen LogP contribution in [-0.2, 0) is 22.3 Å². The zero-order valence-electron chi connectivity index (χ0n) is 16.5. The summed E-state index contributed by atoms with van der Waals surface area (Å²) in [5.41, 5.74) is 2.10. The number of aliphatic hydroxyl groups excluding tert-OH is 1. The van der Waals surface area contributed by atoms with Crippen molar-refractivity contribution in [3.05, 3.63) is 52.0 Å². The zero-order chi connectivity index (χ0) is 20.9. The summed E-state index contributed by atoms with van der Waals surface area (Å²) in [4.78, 5) is 13.6. The van der Waals surface area contributed by atoms with Gasteiger partial charge in [-0.2, -0.15) is 4.98 Å². The largest absolute Gasteiger partial charge is 0.456 e. The lowest BCUT2D eigenvalue weighted by Crippen LogP contribution is -2.34. The van der Waals surface area contributed by atoms with Gasteiger partial charge in [-0.3, -0.25) is 0 Å². The Balaban J connectivity index is 1.19. The number of hydrogen-bond donors (Lipinski definition) is 2. The van der Waals surface area contributed by atoms with E-state index in [-0.39, 0.29) is 24.9 Å². The molecule has 2 N–H and O–H groups in total. The third kappa shape index (κ3) is 3.58. The van der Waals surface area contributed by atoms with Crippen molar-refractivity contribution in [2.75, 3.05) is 13.2 Å². The number of aliphatic hydroxyl groups is 1. The highest BCUT2D eigenvalue weighted by Crippen LogP contribution is 2.31. The topological polar surface area (TPSA) is 89.5 Å². The Morgan fingerprint density at radius 2 is 2.00 bits per heavy atom. The summed E-state index contributed by atoms with van der Waals surface area (Å²) < 4.78 is 18.5. The van der Waals surface area contributed by atoms with Crippen LogP contribution in [0, 0.1) is 0 Å². The maximum Gasteiger partial charge on any atom is 0.296 e. The molecular weight excluding hydrogens is 438 g/mol. The van der Waals surface area contributed by atoms with Gasteiger partial charge < -0.3 is 24.3 Å². The summed E-state index contributed by atoms with van der Waals surface area (Å²) >= 11 is 8.30. The summed E-state index contributed by atoms with van der Waals surface area (Å²) in [5.74, 6) is 0. The Labute approximate surface area is 186 Å². The first-order chi connectivity index (χ1) is 15.1. The van der Waals surface area contributed by atoms with Crippen LogP contribution in [0.15, 0.2) is 36.4 Å². The van der Waals surface area contributed by atoms with E-state index in [1.54, 1.807) is 11.3 Å². The van der Waals surface area contributed by atoms with Crippen molar-refractivity contribution in [1.82, 2.24) is 15.0 Å². The molecule has 4 aromatic rings. The number of pyridine rings is 1. The third-order valence-corrected chi connectivity index (χ3v) is 7.31. The van der Waals surface area contributed by atoms with Crippen LogP contribution in [0.5, 0.6) is 6.01 Å². The van der Waals surface area contributed by atoms with Gasteiger partial charge in [0.15, 0.2) is 11.8 Å². The first kappa shape index (κ1) is 19.5. The van der Waals surface area contributed by atoms with E-state index in [4.69, 9.17) is 25.8 Å². The number of ether oxygens (including phenoxy) is 3. The van der Waals surface area contributed by atoms with E-state index in [1.165, 1.54) is 15.0 Å². The Hall–Kier alpha value is -2.23. The van der Waals surface area contributed by atoms with Gasteiger partial charge in [0, 0.05) is 9.58 Å². The van der Waals surface area contributed by atoms with Crippen LogP contribution in [0.3, 0.4) is 0 Å². The van der Waals surface area contributed by atoms with Crippen molar-refractivity contribution in [3.63, 3.8) is 0 Å². The van der Waals surface area contributed by atoms with Gasteiger partial charge in [0.25, 0.3) is 6.01 Å². The number of H-pyrrole nitrogens is 1. The monoisotopic (exact) mass is 457 g/mol. The van der Waals surface area contributed by atoms with Gasteiger partial charge in [0.05, 0.1) is 29.4 Å². The molecule has 2 fully saturated rings. The van der Waals surface area contributed by atoms with Crippen molar-refractivity contribution < 1.29 is 19.3 Å². The molecule has 0 amide bonds. The number of nitrogens with zero attached hydrogens (tertiary/aromatic N) is 2. The molecule has 3 aromatic heterocycles. The molecule has 7 nitrogen and oxygen atoms in total. The lowest BCUT2D eigenvalue weighted by molar-refractivity contribution is 0.00706. The van der Waals surface area contributed by atoms with Crippen LogP contribution in [0.1, 0.15) is 10.6 Å². The van der Waals surface area contributed by atoms with Gasteiger partial charge in [0.1, 0.15) is 18.3 Å². The minimum absolute atomic E-state index is 0.260. The lowest BCUT2D eigenvalue weighted by Gasteiger charge is -2.15. The Kier molecular flexibility index (Phi) is 4.85. The number of rotatable bonds is 5. The number of hydrogen-bond acceptors (Lipinski definition) is 7. The number of aryl methyl sites for hydroxylation is 2. The zero-order valence-corrected chi connectivity index (χ0v) is 18.0. The molecular formula is C22H20ClN3O4S. The molecule has 160 valence electrons. The second-order valence-corrected chi connectivity index (χ2v) is 9.48. The minimum Gasteiger partial charge on any atom is -0.456 e. The normalized spacial score (nSPS) is 25.5. The Morgan fingerprint density at radius 1 is 1.13 bits per heavy atom. The number of imidazole rings is 1. The van der Waals surface area contributed by atoms with Crippen LogP contribution in [0.2, 0.25) is 5.02 Å². The maximum atomic E-state index is 9.88. The molecule has 2 aliphatic heterocycles. The highest BCUT2D eigenvalue weighted by Gasteiger charge is 2.48. The van der Waals surface area contributed by atoms with Gasteiger partial charge in [-0.05, 0) is 36.4 Å². The number of nitrogens with one attached hydrogen (secondary N) is 1. The second-order valence-electron chi connectivity index (χ2n) is 7.90.